The fourth-order valence-corrected chi connectivity index (χ4v) is 1.10. The van der Waals surface area contributed by atoms with Gasteiger partial charge < -0.3 is 15.6 Å². The summed E-state index contributed by atoms with van der Waals surface area (Å²) in [5.41, 5.74) is 3.84. The molecule has 88 valence electrons. The summed E-state index contributed by atoms with van der Waals surface area (Å²) in [4.78, 5) is 21.8. The van der Waals surface area contributed by atoms with Crippen molar-refractivity contribution in [3.05, 3.63) is 0 Å². The third-order valence-electron chi connectivity index (χ3n) is 2.24. The molecule has 15 heavy (non-hydrogen) atoms. The van der Waals surface area contributed by atoms with Crippen LogP contribution in [0.15, 0.2) is 0 Å². The van der Waals surface area contributed by atoms with Gasteiger partial charge >= 0.3 is 5.97 Å². The van der Waals surface area contributed by atoms with Gasteiger partial charge in [0.25, 0.3) is 0 Å². The Hall–Kier alpha value is -1.14. The van der Waals surface area contributed by atoms with E-state index in [9.17, 15) is 9.59 Å². The molecule has 2 unspecified atom stereocenters. The molecule has 6 nitrogen and oxygen atoms in total. The van der Waals surface area contributed by atoms with Crippen LogP contribution in [0.5, 0.6) is 0 Å². The fourth-order valence-electron chi connectivity index (χ4n) is 1.10. The monoisotopic (exact) mass is 218 g/mol. The first-order chi connectivity index (χ1) is 6.83. The highest BCUT2D eigenvalue weighted by molar-refractivity contribution is 5.82. The molecule has 0 spiro atoms. The standard InChI is InChI=1S/C9H18N2O4/c1-6(7(10)12)11-9(2,8(13)14)4-5-15-3/h6,11H,4-5H2,1-3H3,(H2,10,12)(H,13,14). The molecule has 0 radical (unpaired) electrons. The molecule has 0 aliphatic carbocycles. The molecule has 2 atom stereocenters. The van der Waals surface area contributed by atoms with E-state index in [1.165, 1.54) is 21.0 Å². The van der Waals surface area contributed by atoms with E-state index in [2.05, 4.69) is 5.32 Å². The van der Waals surface area contributed by atoms with Crippen molar-refractivity contribution in [1.82, 2.24) is 5.32 Å². The Bertz CT molecular complexity index is 244. The van der Waals surface area contributed by atoms with E-state index in [1.807, 2.05) is 0 Å². The number of nitrogens with two attached hydrogens (primary N) is 1. The third kappa shape index (κ3) is 4.26. The van der Waals surface area contributed by atoms with Gasteiger partial charge in [0.15, 0.2) is 0 Å². The van der Waals surface area contributed by atoms with Crippen LogP contribution in [0.4, 0.5) is 0 Å². The highest BCUT2D eigenvalue weighted by Gasteiger charge is 2.34. The molecular weight excluding hydrogens is 200 g/mol. The molecule has 0 saturated heterocycles. The van der Waals surface area contributed by atoms with Gasteiger partial charge in [0.2, 0.25) is 5.91 Å². The Morgan fingerprint density at radius 2 is 2.13 bits per heavy atom. The molecule has 0 aromatic carbocycles. The van der Waals surface area contributed by atoms with Crippen LogP contribution in [0.2, 0.25) is 0 Å². The largest absolute Gasteiger partial charge is 0.480 e. The molecule has 0 bridgehead atoms. The number of aliphatic carboxylic acids is 1. The van der Waals surface area contributed by atoms with Crippen LogP contribution in [-0.2, 0) is 14.3 Å². The average molecular weight is 218 g/mol. The minimum Gasteiger partial charge on any atom is -0.480 e. The number of primary amides is 1. The van der Waals surface area contributed by atoms with E-state index >= 15 is 0 Å². The Balaban J connectivity index is 4.50. The molecule has 0 heterocycles. The number of rotatable bonds is 7. The van der Waals surface area contributed by atoms with Gasteiger partial charge in [-0.25, -0.2) is 0 Å². The second kappa shape index (κ2) is 5.67. The molecule has 0 aliphatic rings. The van der Waals surface area contributed by atoms with Crippen molar-refractivity contribution in [1.29, 1.82) is 0 Å². The van der Waals surface area contributed by atoms with Gasteiger partial charge in [0, 0.05) is 13.7 Å². The Labute approximate surface area is 88.8 Å². The number of hydrogen-bond acceptors (Lipinski definition) is 4. The number of hydrogen-bond donors (Lipinski definition) is 3. The predicted molar refractivity (Wildman–Crippen MR) is 54.3 cm³/mol. The minimum atomic E-state index is -1.20. The lowest BCUT2D eigenvalue weighted by molar-refractivity contribution is -0.145. The quantitative estimate of drug-likeness (QED) is 0.526. The van der Waals surface area contributed by atoms with E-state index < -0.39 is 23.5 Å². The van der Waals surface area contributed by atoms with Crippen LogP contribution in [-0.4, -0.2) is 42.3 Å². The lowest BCUT2D eigenvalue weighted by Gasteiger charge is -2.28. The first kappa shape index (κ1) is 13.9. The SMILES string of the molecule is COCCC(C)(NC(C)C(N)=O)C(=O)O. The Morgan fingerprint density at radius 1 is 1.60 bits per heavy atom. The molecule has 6 heteroatoms. The fraction of sp³-hybridized carbons (Fsp3) is 0.778. The van der Waals surface area contributed by atoms with Crippen LogP contribution >= 0.6 is 0 Å². The number of carbonyl (C=O) groups excluding carboxylic acids is 1. The van der Waals surface area contributed by atoms with Crippen molar-refractivity contribution in [3.63, 3.8) is 0 Å². The number of carbonyl (C=O) groups is 2. The van der Waals surface area contributed by atoms with Gasteiger partial charge in [0.1, 0.15) is 5.54 Å². The summed E-state index contributed by atoms with van der Waals surface area (Å²) < 4.78 is 4.81. The normalized spacial score (nSPS) is 16.7. The lowest BCUT2D eigenvalue weighted by Crippen LogP contribution is -2.56. The first-order valence-corrected chi connectivity index (χ1v) is 4.63. The zero-order valence-electron chi connectivity index (χ0n) is 9.24. The van der Waals surface area contributed by atoms with Gasteiger partial charge in [-0.3, -0.25) is 14.9 Å². The highest BCUT2D eigenvalue weighted by Crippen LogP contribution is 2.11. The predicted octanol–water partition coefficient (Wildman–Crippen LogP) is -0.670. The Morgan fingerprint density at radius 3 is 2.47 bits per heavy atom. The third-order valence-corrected chi connectivity index (χ3v) is 2.24. The zero-order chi connectivity index (χ0) is 12.1. The number of carboxylic acids is 1. The number of ether oxygens (including phenoxy) is 1. The number of amides is 1. The van der Waals surface area contributed by atoms with Gasteiger partial charge in [-0.2, -0.15) is 0 Å². The summed E-state index contributed by atoms with van der Waals surface area (Å²) in [6.07, 6.45) is 0.260. The molecule has 0 fully saturated rings. The average Bonchev–Trinajstić information content (AvgIpc) is 2.14. The maximum Gasteiger partial charge on any atom is 0.323 e. The highest BCUT2D eigenvalue weighted by atomic mass is 16.5. The van der Waals surface area contributed by atoms with Crippen LogP contribution in [0.3, 0.4) is 0 Å². The van der Waals surface area contributed by atoms with E-state index in [4.69, 9.17) is 15.6 Å². The molecule has 0 saturated carbocycles. The zero-order valence-corrected chi connectivity index (χ0v) is 9.24. The van der Waals surface area contributed by atoms with Crippen LogP contribution in [0.1, 0.15) is 20.3 Å². The second-order valence-electron chi connectivity index (χ2n) is 3.65. The van der Waals surface area contributed by atoms with Crippen LogP contribution in [0.25, 0.3) is 0 Å². The summed E-state index contributed by atoms with van der Waals surface area (Å²) in [7, 11) is 1.49. The maximum absolute atomic E-state index is 11.0. The summed E-state index contributed by atoms with van der Waals surface area (Å²) in [5.74, 6) is -1.62. The maximum atomic E-state index is 11.0. The lowest BCUT2D eigenvalue weighted by atomic mass is 9.97. The van der Waals surface area contributed by atoms with Gasteiger partial charge in [0.05, 0.1) is 6.04 Å². The van der Waals surface area contributed by atoms with Gasteiger partial charge in [-0.05, 0) is 20.3 Å². The minimum absolute atomic E-state index is 0.260. The van der Waals surface area contributed by atoms with Crippen molar-refractivity contribution in [2.24, 2.45) is 5.73 Å². The molecule has 4 N–H and O–H groups in total. The van der Waals surface area contributed by atoms with E-state index in [-0.39, 0.29) is 6.42 Å². The molecule has 0 rings (SSSR count). The molecule has 0 aromatic rings. The smallest absolute Gasteiger partial charge is 0.323 e. The second-order valence-corrected chi connectivity index (χ2v) is 3.65. The number of carboxylic acid groups (broad SMARTS) is 1. The van der Waals surface area contributed by atoms with Crippen molar-refractivity contribution in [2.45, 2.75) is 31.8 Å². The molecular formula is C9H18N2O4. The van der Waals surface area contributed by atoms with Crippen molar-refractivity contribution in [3.8, 4) is 0 Å². The molecule has 0 aromatic heterocycles. The Kier molecular flexibility index (Phi) is 5.24. The molecule has 1 amide bonds. The number of nitrogens with one attached hydrogen (secondary N) is 1. The van der Waals surface area contributed by atoms with Crippen molar-refractivity contribution >= 4 is 11.9 Å². The van der Waals surface area contributed by atoms with Crippen molar-refractivity contribution < 1.29 is 19.4 Å². The van der Waals surface area contributed by atoms with Gasteiger partial charge in [-0.1, -0.05) is 0 Å². The first-order valence-electron chi connectivity index (χ1n) is 4.63. The van der Waals surface area contributed by atoms with Crippen LogP contribution < -0.4 is 11.1 Å². The van der Waals surface area contributed by atoms with E-state index in [0.29, 0.717) is 6.61 Å². The summed E-state index contributed by atoms with van der Waals surface area (Å²) in [6.45, 7) is 3.31. The van der Waals surface area contributed by atoms with Gasteiger partial charge in [-0.15, -0.1) is 0 Å². The topological polar surface area (TPSA) is 102 Å². The van der Waals surface area contributed by atoms with Crippen molar-refractivity contribution in [2.75, 3.05) is 13.7 Å². The van der Waals surface area contributed by atoms with E-state index in [0.717, 1.165) is 0 Å². The van der Waals surface area contributed by atoms with E-state index in [1.54, 1.807) is 0 Å². The summed E-state index contributed by atoms with van der Waals surface area (Å²) >= 11 is 0. The van der Waals surface area contributed by atoms with Crippen LogP contribution in [0, 0.1) is 0 Å². The summed E-state index contributed by atoms with van der Waals surface area (Å²) in [6, 6.07) is -0.692. The molecule has 0 aliphatic heterocycles. The number of methoxy groups -OCH3 is 1. The summed E-state index contributed by atoms with van der Waals surface area (Å²) in [5, 5.41) is 11.7.